The molecule has 166 valence electrons. The zero-order valence-corrected chi connectivity index (χ0v) is 18.5. The normalized spacial score (nSPS) is 12.6. The number of aliphatic hydroxyl groups is 1. The molecule has 0 fully saturated rings. The highest BCUT2D eigenvalue weighted by atomic mass is 16.3. The van der Waals surface area contributed by atoms with Gasteiger partial charge in [-0.2, -0.15) is 0 Å². The Labute approximate surface area is 184 Å². The molecule has 0 spiro atoms. The topological polar surface area (TPSA) is 81.7 Å². The largest absolute Gasteiger partial charge is 0.396 e. The summed E-state index contributed by atoms with van der Waals surface area (Å²) in [7, 11) is 0. The molecule has 0 saturated carbocycles. The Morgan fingerprint density at radius 2 is 1.32 bits per heavy atom. The first-order valence-corrected chi connectivity index (χ1v) is 11.3. The van der Waals surface area contributed by atoms with Crippen molar-refractivity contribution in [1.82, 2.24) is 4.90 Å². The third kappa shape index (κ3) is 5.14. The van der Waals surface area contributed by atoms with Crippen LogP contribution in [0, 0.1) is 0 Å². The van der Waals surface area contributed by atoms with Gasteiger partial charge in [0.15, 0.2) is 11.6 Å². The van der Waals surface area contributed by atoms with Crippen molar-refractivity contribution in [2.45, 2.75) is 33.1 Å². The molecule has 3 rings (SSSR count). The van der Waals surface area contributed by atoms with Gasteiger partial charge >= 0.3 is 0 Å². The SMILES string of the molecule is CCN(CC)CCNc1ccc(NCCCCCO)c2c1C(=O)c1ccccc1C2=O. The number of nitrogens with one attached hydrogen (secondary N) is 2. The molecule has 0 radical (unpaired) electrons. The van der Waals surface area contributed by atoms with Crippen LogP contribution in [-0.4, -0.2) is 60.9 Å². The predicted octanol–water partition coefficient (Wildman–Crippen LogP) is 3.79. The second-order valence-corrected chi connectivity index (χ2v) is 7.78. The minimum absolute atomic E-state index is 0.112. The van der Waals surface area contributed by atoms with E-state index in [1.165, 1.54) is 0 Å². The molecule has 1 aliphatic carbocycles. The minimum Gasteiger partial charge on any atom is -0.396 e. The average molecular weight is 424 g/mol. The van der Waals surface area contributed by atoms with E-state index in [1.54, 1.807) is 24.3 Å². The number of carbonyl (C=O) groups excluding carboxylic acids is 2. The standard InChI is InChI=1S/C25H33N3O3/c1-3-28(4-2)16-15-27-21-13-12-20(26-14-8-5-9-17-29)22-23(21)25(31)19-11-7-6-10-18(19)24(22)30/h6-7,10-13,26-27,29H,3-5,8-9,14-17H2,1-2H3. The number of rotatable bonds is 12. The third-order valence-electron chi connectivity index (χ3n) is 5.86. The lowest BCUT2D eigenvalue weighted by Crippen LogP contribution is -2.29. The highest BCUT2D eigenvalue weighted by molar-refractivity contribution is 6.31. The van der Waals surface area contributed by atoms with Gasteiger partial charge in [0.25, 0.3) is 0 Å². The summed E-state index contributed by atoms with van der Waals surface area (Å²) in [6.07, 6.45) is 2.56. The molecule has 6 heteroatoms. The number of hydrogen-bond donors (Lipinski definition) is 3. The number of anilines is 2. The molecule has 6 nitrogen and oxygen atoms in total. The summed E-state index contributed by atoms with van der Waals surface area (Å²) in [6, 6.07) is 10.8. The van der Waals surface area contributed by atoms with Crippen LogP contribution in [0.3, 0.4) is 0 Å². The summed E-state index contributed by atoms with van der Waals surface area (Å²) in [5, 5.41) is 15.7. The number of aliphatic hydroxyl groups excluding tert-OH is 1. The number of benzene rings is 2. The van der Waals surface area contributed by atoms with Gasteiger partial charge in [-0.3, -0.25) is 9.59 Å². The Bertz CT molecular complexity index is 922. The molecule has 31 heavy (non-hydrogen) atoms. The van der Waals surface area contributed by atoms with Crippen LogP contribution in [0.25, 0.3) is 0 Å². The van der Waals surface area contributed by atoms with Crippen LogP contribution >= 0.6 is 0 Å². The maximum atomic E-state index is 13.4. The van der Waals surface area contributed by atoms with Gasteiger partial charge in [0.2, 0.25) is 0 Å². The van der Waals surface area contributed by atoms with E-state index in [0.717, 1.165) is 38.9 Å². The predicted molar refractivity (Wildman–Crippen MR) is 125 cm³/mol. The molecule has 2 aromatic carbocycles. The van der Waals surface area contributed by atoms with E-state index in [0.29, 0.717) is 46.7 Å². The second-order valence-electron chi connectivity index (χ2n) is 7.78. The van der Waals surface area contributed by atoms with Crippen molar-refractivity contribution in [1.29, 1.82) is 0 Å². The van der Waals surface area contributed by atoms with Crippen molar-refractivity contribution >= 4 is 22.9 Å². The van der Waals surface area contributed by atoms with Crippen LogP contribution in [-0.2, 0) is 0 Å². The Balaban J connectivity index is 1.90. The number of carbonyl (C=O) groups is 2. The van der Waals surface area contributed by atoms with Gasteiger partial charge in [-0.05, 0) is 44.5 Å². The quantitative estimate of drug-likeness (QED) is 0.385. The molecular weight excluding hydrogens is 390 g/mol. The van der Waals surface area contributed by atoms with Crippen LogP contribution in [0.2, 0.25) is 0 Å². The second kappa shape index (κ2) is 11.1. The Kier molecular flexibility index (Phi) is 8.20. The number of fused-ring (bicyclic) bond motifs is 2. The van der Waals surface area contributed by atoms with Crippen LogP contribution < -0.4 is 10.6 Å². The van der Waals surface area contributed by atoms with E-state index >= 15 is 0 Å². The summed E-state index contributed by atoms with van der Waals surface area (Å²) in [4.78, 5) is 29.1. The monoisotopic (exact) mass is 423 g/mol. The highest BCUT2D eigenvalue weighted by Crippen LogP contribution is 2.36. The first kappa shape index (κ1) is 23.0. The number of unbranched alkanes of at least 4 members (excludes halogenated alkanes) is 2. The first-order valence-electron chi connectivity index (χ1n) is 11.3. The Morgan fingerprint density at radius 3 is 1.84 bits per heavy atom. The van der Waals surface area contributed by atoms with Gasteiger partial charge in [0, 0.05) is 48.7 Å². The molecule has 1 aliphatic rings. The van der Waals surface area contributed by atoms with Gasteiger partial charge in [0.05, 0.1) is 11.1 Å². The fourth-order valence-electron chi connectivity index (χ4n) is 4.04. The number of likely N-dealkylation sites (N-methyl/N-ethyl adjacent to an activating group) is 1. The number of ketones is 2. The Morgan fingerprint density at radius 1 is 0.774 bits per heavy atom. The van der Waals surface area contributed by atoms with E-state index < -0.39 is 0 Å². The van der Waals surface area contributed by atoms with E-state index in [-0.39, 0.29) is 18.2 Å². The van der Waals surface area contributed by atoms with Crippen LogP contribution in [0.15, 0.2) is 36.4 Å². The van der Waals surface area contributed by atoms with Crippen LogP contribution in [0.1, 0.15) is 65.0 Å². The van der Waals surface area contributed by atoms with Crippen molar-refractivity contribution < 1.29 is 14.7 Å². The van der Waals surface area contributed by atoms with Gasteiger partial charge in [-0.15, -0.1) is 0 Å². The van der Waals surface area contributed by atoms with E-state index in [1.807, 2.05) is 12.1 Å². The summed E-state index contributed by atoms with van der Waals surface area (Å²) < 4.78 is 0. The Hall–Kier alpha value is -2.70. The smallest absolute Gasteiger partial charge is 0.196 e. The highest BCUT2D eigenvalue weighted by Gasteiger charge is 2.33. The van der Waals surface area contributed by atoms with Crippen molar-refractivity contribution in [3.8, 4) is 0 Å². The average Bonchev–Trinajstić information content (AvgIpc) is 2.80. The lowest BCUT2D eigenvalue weighted by atomic mass is 9.82. The molecular formula is C25H33N3O3. The zero-order chi connectivity index (χ0) is 22.2. The summed E-state index contributed by atoms with van der Waals surface area (Å²) >= 11 is 0. The van der Waals surface area contributed by atoms with E-state index in [4.69, 9.17) is 5.11 Å². The maximum Gasteiger partial charge on any atom is 0.196 e. The molecule has 0 unspecified atom stereocenters. The van der Waals surface area contributed by atoms with Crippen LogP contribution in [0.4, 0.5) is 11.4 Å². The molecule has 2 aromatic rings. The van der Waals surface area contributed by atoms with Gasteiger partial charge < -0.3 is 20.6 Å². The number of nitrogens with zero attached hydrogens (tertiary/aromatic N) is 1. The van der Waals surface area contributed by atoms with Crippen LogP contribution in [0.5, 0.6) is 0 Å². The van der Waals surface area contributed by atoms with Crippen molar-refractivity contribution in [2.24, 2.45) is 0 Å². The molecule has 0 bridgehead atoms. The van der Waals surface area contributed by atoms with E-state index in [9.17, 15) is 9.59 Å². The van der Waals surface area contributed by atoms with Gasteiger partial charge in [-0.1, -0.05) is 38.1 Å². The lowest BCUT2D eigenvalue weighted by Gasteiger charge is -2.25. The zero-order valence-electron chi connectivity index (χ0n) is 18.5. The molecule has 0 aliphatic heterocycles. The third-order valence-corrected chi connectivity index (χ3v) is 5.86. The first-order chi connectivity index (χ1) is 15.1. The molecule has 3 N–H and O–H groups in total. The molecule has 0 aromatic heterocycles. The van der Waals surface area contributed by atoms with E-state index in [2.05, 4.69) is 29.4 Å². The molecule has 0 amide bonds. The summed E-state index contributed by atoms with van der Waals surface area (Å²) in [6.45, 7) is 8.64. The summed E-state index contributed by atoms with van der Waals surface area (Å²) in [5.74, 6) is -0.227. The fraction of sp³-hybridized carbons (Fsp3) is 0.440. The molecule has 0 heterocycles. The minimum atomic E-state index is -0.115. The van der Waals surface area contributed by atoms with Gasteiger partial charge in [0.1, 0.15) is 0 Å². The lowest BCUT2D eigenvalue weighted by molar-refractivity contribution is 0.0980. The van der Waals surface area contributed by atoms with Crippen molar-refractivity contribution in [3.63, 3.8) is 0 Å². The summed E-state index contributed by atoms with van der Waals surface area (Å²) in [5.41, 5.74) is 3.25. The van der Waals surface area contributed by atoms with Crippen molar-refractivity contribution in [2.75, 3.05) is 50.0 Å². The van der Waals surface area contributed by atoms with Crippen molar-refractivity contribution in [3.05, 3.63) is 58.7 Å². The maximum absolute atomic E-state index is 13.4. The van der Waals surface area contributed by atoms with Gasteiger partial charge in [-0.25, -0.2) is 0 Å². The number of hydrogen-bond acceptors (Lipinski definition) is 6. The molecule has 0 saturated heterocycles. The fourth-order valence-corrected chi connectivity index (χ4v) is 4.04. The molecule has 0 atom stereocenters.